The van der Waals surface area contributed by atoms with Crippen LogP contribution in [0.25, 0.3) is 0 Å². The Labute approximate surface area is 97.2 Å². The van der Waals surface area contributed by atoms with Crippen molar-refractivity contribution in [2.24, 2.45) is 0 Å². The molecule has 0 radical (unpaired) electrons. The lowest BCUT2D eigenvalue weighted by atomic mass is 10.1. The topological polar surface area (TPSA) is 53.4 Å². The Balaban J connectivity index is 2.99. The highest BCUT2D eigenvalue weighted by atomic mass is 79.9. The van der Waals surface area contributed by atoms with Gasteiger partial charge in [-0.2, -0.15) is 0 Å². The van der Waals surface area contributed by atoms with Crippen molar-refractivity contribution in [3.05, 3.63) is 28.2 Å². The summed E-state index contributed by atoms with van der Waals surface area (Å²) < 4.78 is 13.6. The van der Waals surface area contributed by atoms with Gasteiger partial charge in [-0.3, -0.25) is 0 Å². The molecular weight excluding hydrogens is 321 g/mol. The quantitative estimate of drug-likeness (QED) is 0.657. The number of halogens is 3. The van der Waals surface area contributed by atoms with Crippen LogP contribution in [0.3, 0.4) is 0 Å². The van der Waals surface area contributed by atoms with E-state index in [2.05, 4.69) is 36.8 Å². The Bertz CT molecular complexity index is 324. The molecular formula is C8H8Br2FNO2. The zero-order valence-electron chi connectivity index (χ0n) is 6.99. The van der Waals surface area contributed by atoms with E-state index in [1.54, 1.807) is 0 Å². The molecule has 0 amide bonds. The lowest BCUT2D eigenvalue weighted by molar-refractivity contribution is 0.0319. The molecule has 1 rings (SSSR count). The normalized spacial score (nSPS) is 15.2. The molecule has 0 spiro atoms. The summed E-state index contributed by atoms with van der Waals surface area (Å²) in [6.45, 7) is 0. The summed E-state index contributed by atoms with van der Waals surface area (Å²) >= 11 is 6.05. The Morgan fingerprint density at radius 1 is 1.50 bits per heavy atom. The van der Waals surface area contributed by atoms with Crippen molar-refractivity contribution < 1.29 is 14.6 Å². The van der Waals surface area contributed by atoms with Crippen molar-refractivity contribution in [2.75, 3.05) is 5.33 Å². The number of nitrogens with zero attached hydrogens (tertiary/aromatic N) is 1. The fourth-order valence-electron chi connectivity index (χ4n) is 0.946. The number of hydrogen-bond donors (Lipinski definition) is 2. The van der Waals surface area contributed by atoms with Gasteiger partial charge in [-0.1, -0.05) is 15.9 Å². The number of aliphatic hydroxyl groups is 2. The van der Waals surface area contributed by atoms with E-state index < -0.39 is 18.0 Å². The number of alkyl halides is 1. The minimum atomic E-state index is -1.26. The fraction of sp³-hybridized carbons (Fsp3) is 0.375. The first-order chi connectivity index (χ1) is 6.56. The maximum Gasteiger partial charge on any atom is 0.147 e. The van der Waals surface area contributed by atoms with E-state index >= 15 is 0 Å². The van der Waals surface area contributed by atoms with Crippen molar-refractivity contribution in [1.82, 2.24) is 4.98 Å². The molecule has 2 N–H and O–H groups in total. The standard InChI is InChI=1S/C8H8Br2FNO2/c9-2-6(13)8(14)4-1-7(10)12-3-5(4)11/h1,3,6,8,13-14H,2H2. The van der Waals surface area contributed by atoms with Crippen LogP contribution in [0.4, 0.5) is 4.39 Å². The molecule has 6 heteroatoms. The summed E-state index contributed by atoms with van der Waals surface area (Å²) in [4.78, 5) is 3.64. The maximum absolute atomic E-state index is 13.1. The van der Waals surface area contributed by atoms with Gasteiger partial charge < -0.3 is 10.2 Å². The first kappa shape index (κ1) is 12.0. The molecule has 0 bridgehead atoms. The Morgan fingerprint density at radius 3 is 2.71 bits per heavy atom. The lowest BCUT2D eigenvalue weighted by Crippen LogP contribution is -2.20. The Morgan fingerprint density at radius 2 is 2.14 bits per heavy atom. The van der Waals surface area contributed by atoms with E-state index in [-0.39, 0.29) is 10.9 Å². The second kappa shape index (κ2) is 5.16. The lowest BCUT2D eigenvalue weighted by Gasteiger charge is -2.16. The highest BCUT2D eigenvalue weighted by molar-refractivity contribution is 9.10. The molecule has 14 heavy (non-hydrogen) atoms. The summed E-state index contributed by atoms with van der Waals surface area (Å²) in [5.41, 5.74) is 0.0267. The number of hydrogen-bond acceptors (Lipinski definition) is 3. The molecule has 78 valence electrons. The molecule has 0 aliphatic carbocycles. The van der Waals surface area contributed by atoms with Gasteiger partial charge in [0.25, 0.3) is 0 Å². The van der Waals surface area contributed by atoms with Gasteiger partial charge >= 0.3 is 0 Å². The predicted octanol–water partition coefficient (Wildman–Crippen LogP) is 1.77. The smallest absolute Gasteiger partial charge is 0.147 e. The highest BCUT2D eigenvalue weighted by Gasteiger charge is 2.21. The minimum absolute atomic E-state index is 0.0267. The van der Waals surface area contributed by atoms with Crippen LogP contribution in [0.2, 0.25) is 0 Å². The van der Waals surface area contributed by atoms with Crippen LogP contribution in [0, 0.1) is 5.82 Å². The van der Waals surface area contributed by atoms with Crippen molar-refractivity contribution in [3.8, 4) is 0 Å². The maximum atomic E-state index is 13.1. The summed E-state index contributed by atoms with van der Waals surface area (Å²) in [7, 11) is 0. The van der Waals surface area contributed by atoms with Gasteiger partial charge in [-0.25, -0.2) is 9.37 Å². The third-order valence-electron chi connectivity index (χ3n) is 1.69. The first-order valence-electron chi connectivity index (χ1n) is 3.79. The van der Waals surface area contributed by atoms with Crippen LogP contribution in [-0.2, 0) is 0 Å². The van der Waals surface area contributed by atoms with Crippen LogP contribution < -0.4 is 0 Å². The van der Waals surface area contributed by atoms with Crippen LogP contribution in [-0.4, -0.2) is 26.6 Å². The minimum Gasteiger partial charge on any atom is -0.389 e. The van der Waals surface area contributed by atoms with Gasteiger partial charge in [0.1, 0.15) is 16.5 Å². The molecule has 1 aromatic heterocycles. The third kappa shape index (κ3) is 2.73. The van der Waals surface area contributed by atoms with E-state index in [9.17, 15) is 14.6 Å². The summed E-state index contributed by atoms with van der Waals surface area (Å²) in [5, 5.41) is 19.0. The van der Waals surface area contributed by atoms with E-state index in [0.717, 1.165) is 6.20 Å². The summed E-state index contributed by atoms with van der Waals surface area (Å²) in [5.74, 6) is -0.638. The van der Waals surface area contributed by atoms with E-state index in [0.29, 0.717) is 4.60 Å². The molecule has 0 fully saturated rings. The number of aliphatic hydroxyl groups excluding tert-OH is 2. The zero-order valence-corrected chi connectivity index (χ0v) is 10.2. The van der Waals surface area contributed by atoms with Crippen molar-refractivity contribution in [2.45, 2.75) is 12.2 Å². The van der Waals surface area contributed by atoms with Crippen molar-refractivity contribution in [3.63, 3.8) is 0 Å². The third-order valence-corrected chi connectivity index (χ3v) is 2.79. The van der Waals surface area contributed by atoms with Crippen LogP contribution in [0.5, 0.6) is 0 Å². The predicted molar refractivity (Wildman–Crippen MR) is 56.7 cm³/mol. The number of pyridine rings is 1. The molecule has 1 aromatic rings. The van der Waals surface area contributed by atoms with Gasteiger partial charge in [0.15, 0.2) is 0 Å². The number of aromatic nitrogens is 1. The Kier molecular flexibility index (Phi) is 4.43. The highest BCUT2D eigenvalue weighted by Crippen LogP contribution is 2.23. The van der Waals surface area contributed by atoms with Crippen LogP contribution in [0.15, 0.2) is 16.9 Å². The molecule has 0 saturated heterocycles. The van der Waals surface area contributed by atoms with Crippen LogP contribution >= 0.6 is 31.9 Å². The van der Waals surface area contributed by atoms with E-state index in [4.69, 9.17) is 0 Å². The largest absolute Gasteiger partial charge is 0.389 e. The molecule has 0 aromatic carbocycles. The van der Waals surface area contributed by atoms with Crippen molar-refractivity contribution >= 4 is 31.9 Å². The molecule has 3 nitrogen and oxygen atoms in total. The summed E-state index contributed by atoms with van der Waals surface area (Å²) in [6, 6.07) is 1.34. The Hall–Kier alpha value is -0.0400. The van der Waals surface area contributed by atoms with Gasteiger partial charge in [-0.05, 0) is 22.0 Å². The van der Waals surface area contributed by atoms with Crippen molar-refractivity contribution in [1.29, 1.82) is 0 Å². The monoisotopic (exact) mass is 327 g/mol. The first-order valence-corrected chi connectivity index (χ1v) is 5.70. The second-order valence-corrected chi connectivity index (χ2v) is 4.15. The van der Waals surface area contributed by atoms with Gasteiger partial charge in [-0.15, -0.1) is 0 Å². The van der Waals surface area contributed by atoms with Gasteiger partial charge in [0.05, 0.1) is 12.3 Å². The van der Waals surface area contributed by atoms with E-state index in [1.807, 2.05) is 0 Å². The molecule has 0 saturated carbocycles. The fourth-order valence-corrected chi connectivity index (χ4v) is 1.65. The molecule has 2 unspecified atom stereocenters. The van der Waals surface area contributed by atoms with Crippen LogP contribution in [0.1, 0.15) is 11.7 Å². The van der Waals surface area contributed by atoms with Gasteiger partial charge in [0.2, 0.25) is 0 Å². The van der Waals surface area contributed by atoms with E-state index in [1.165, 1.54) is 6.07 Å². The molecule has 2 atom stereocenters. The average Bonchev–Trinajstić information content (AvgIpc) is 2.19. The van der Waals surface area contributed by atoms with Gasteiger partial charge in [0, 0.05) is 10.9 Å². The average molecular weight is 329 g/mol. The molecule has 0 aliphatic rings. The zero-order chi connectivity index (χ0) is 10.7. The second-order valence-electron chi connectivity index (χ2n) is 2.70. The number of rotatable bonds is 3. The summed E-state index contributed by atoms with van der Waals surface area (Å²) in [6.07, 6.45) is -1.31. The molecule has 1 heterocycles. The molecule has 0 aliphatic heterocycles. The SMILES string of the molecule is OC(CBr)C(O)c1cc(Br)ncc1F.